The molecule has 20 heavy (non-hydrogen) atoms. The fraction of sp³-hybridized carbons (Fsp3) is 0.438. The number of ether oxygens (including phenoxy) is 2. The third-order valence-corrected chi connectivity index (χ3v) is 3.45. The van der Waals surface area contributed by atoms with E-state index in [1.54, 1.807) is 6.08 Å². The highest BCUT2D eigenvalue weighted by molar-refractivity contribution is 5.67. The minimum Gasteiger partial charge on any atom is -0.481 e. The quantitative estimate of drug-likeness (QED) is 0.812. The fourth-order valence-corrected chi connectivity index (χ4v) is 2.39. The number of hydrogen-bond donors (Lipinski definition) is 1. The molecule has 0 radical (unpaired) electrons. The van der Waals surface area contributed by atoms with Crippen molar-refractivity contribution < 1.29 is 19.4 Å². The number of aliphatic carboxylic acids is 1. The van der Waals surface area contributed by atoms with Gasteiger partial charge in [-0.2, -0.15) is 0 Å². The van der Waals surface area contributed by atoms with Crippen LogP contribution in [0.4, 0.5) is 0 Å². The Morgan fingerprint density at radius 1 is 1.40 bits per heavy atom. The number of carboxylic acid groups (broad SMARTS) is 1. The molecule has 1 aliphatic heterocycles. The molecule has 1 fully saturated rings. The normalized spacial score (nSPS) is 26.1. The van der Waals surface area contributed by atoms with E-state index in [9.17, 15) is 4.79 Å². The molecule has 0 unspecified atom stereocenters. The predicted octanol–water partition coefficient (Wildman–Crippen LogP) is 2.78. The van der Waals surface area contributed by atoms with E-state index in [4.69, 9.17) is 14.6 Å². The summed E-state index contributed by atoms with van der Waals surface area (Å²) in [7, 11) is 0. The van der Waals surface area contributed by atoms with Crippen LogP contribution in [0.3, 0.4) is 0 Å². The molecule has 0 saturated carbocycles. The molecule has 1 saturated heterocycles. The summed E-state index contributed by atoms with van der Waals surface area (Å²) < 4.78 is 11.6. The van der Waals surface area contributed by atoms with Crippen molar-refractivity contribution in [3.63, 3.8) is 0 Å². The second-order valence-corrected chi connectivity index (χ2v) is 4.96. The van der Waals surface area contributed by atoms with Gasteiger partial charge in [0.15, 0.2) is 0 Å². The highest BCUT2D eigenvalue weighted by Crippen LogP contribution is 2.25. The van der Waals surface area contributed by atoms with Crippen molar-refractivity contribution in [2.24, 2.45) is 0 Å². The highest BCUT2D eigenvalue weighted by atomic mass is 16.5. The average Bonchev–Trinajstić information content (AvgIpc) is 2.46. The lowest BCUT2D eigenvalue weighted by atomic mass is 9.98. The summed E-state index contributed by atoms with van der Waals surface area (Å²) in [5.74, 6) is -0.868. The Hall–Kier alpha value is -1.65. The van der Waals surface area contributed by atoms with Crippen molar-refractivity contribution in [2.45, 2.75) is 44.2 Å². The van der Waals surface area contributed by atoms with E-state index in [1.807, 2.05) is 30.3 Å². The van der Waals surface area contributed by atoms with Gasteiger partial charge in [0.2, 0.25) is 0 Å². The van der Waals surface area contributed by atoms with Crippen LogP contribution in [0, 0.1) is 0 Å². The summed E-state index contributed by atoms with van der Waals surface area (Å²) in [4.78, 5) is 10.9. The monoisotopic (exact) mass is 276 g/mol. The zero-order valence-electron chi connectivity index (χ0n) is 11.4. The smallest absolute Gasteiger partial charge is 0.306 e. The summed E-state index contributed by atoms with van der Waals surface area (Å²) in [6.07, 6.45) is 2.64. The van der Waals surface area contributed by atoms with Crippen LogP contribution < -0.4 is 0 Å². The molecule has 0 bridgehead atoms. The van der Waals surface area contributed by atoms with Crippen LogP contribution in [0.5, 0.6) is 0 Å². The third-order valence-electron chi connectivity index (χ3n) is 3.45. The van der Waals surface area contributed by atoms with E-state index < -0.39 is 12.1 Å². The molecule has 4 heteroatoms. The molecule has 1 heterocycles. The zero-order valence-corrected chi connectivity index (χ0v) is 11.4. The molecule has 1 aromatic carbocycles. The average molecular weight is 276 g/mol. The second kappa shape index (κ2) is 7.22. The lowest BCUT2D eigenvalue weighted by Gasteiger charge is -2.34. The Labute approximate surface area is 119 Å². The molecule has 1 aliphatic rings. The van der Waals surface area contributed by atoms with Gasteiger partial charge in [-0.05, 0) is 18.4 Å². The van der Waals surface area contributed by atoms with Gasteiger partial charge in [0.25, 0.3) is 0 Å². The first-order chi connectivity index (χ1) is 9.69. The molecular formula is C16H20O4. The van der Waals surface area contributed by atoms with Crippen molar-refractivity contribution in [1.29, 1.82) is 0 Å². The first-order valence-electron chi connectivity index (χ1n) is 6.84. The third kappa shape index (κ3) is 4.18. The van der Waals surface area contributed by atoms with Crippen LogP contribution >= 0.6 is 0 Å². The summed E-state index contributed by atoms with van der Waals surface area (Å²) >= 11 is 0. The topological polar surface area (TPSA) is 55.8 Å². The number of rotatable bonds is 6. The molecule has 1 aromatic rings. The Balaban J connectivity index is 1.93. The van der Waals surface area contributed by atoms with Crippen molar-refractivity contribution in [2.75, 3.05) is 0 Å². The lowest BCUT2D eigenvalue weighted by molar-refractivity contribution is -0.157. The van der Waals surface area contributed by atoms with E-state index in [0.29, 0.717) is 6.61 Å². The Morgan fingerprint density at radius 2 is 2.15 bits per heavy atom. The van der Waals surface area contributed by atoms with Gasteiger partial charge in [-0.15, -0.1) is 6.58 Å². The fourth-order valence-electron chi connectivity index (χ4n) is 2.39. The summed E-state index contributed by atoms with van der Waals surface area (Å²) in [6.45, 7) is 4.18. The van der Waals surface area contributed by atoms with Crippen LogP contribution in [-0.2, 0) is 20.9 Å². The predicted molar refractivity (Wildman–Crippen MR) is 75.4 cm³/mol. The van der Waals surface area contributed by atoms with Crippen LogP contribution in [0.2, 0.25) is 0 Å². The van der Waals surface area contributed by atoms with E-state index in [-0.39, 0.29) is 18.6 Å². The van der Waals surface area contributed by atoms with Gasteiger partial charge < -0.3 is 14.6 Å². The maximum absolute atomic E-state index is 10.9. The number of carboxylic acids is 1. The minimum absolute atomic E-state index is 0.0379. The van der Waals surface area contributed by atoms with Crippen LogP contribution in [-0.4, -0.2) is 29.4 Å². The first-order valence-corrected chi connectivity index (χ1v) is 6.84. The van der Waals surface area contributed by atoms with Crippen LogP contribution in [0.25, 0.3) is 0 Å². The van der Waals surface area contributed by atoms with E-state index in [2.05, 4.69) is 6.58 Å². The Morgan fingerprint density at radius 3 is 2.80 bits per heavy atom. The molecule has 0 aromatic heterocycles. The molecule has 3 atom stereocenters. The highest BCUT2D eigenvalue weighted by Gasteiger charge is 2.32. The largest absolute Gasteiger partial charge is 0.481 e. The van der Waals surface area contributed by atoms with Gasteiger partial charge in [0.05, 0.1) is 31.3 Å². The molecular weight excluding hydrogens is 256 g/mol. The van der Waals surface area contributed by atoms with Crippen LogP contribution in [0.1, 0.15) is 24.8 Å². The van der Waals surface area contributed by atoms with Crippen molar-refractivity contribution in [1.82, 2.24) is 0 Å². The molecule has 0 spiro atoms. The van der Waals surface area contributed by atoms with Crippen molar-refractivity contribution in [3.8, 4) is 0 Å². The Bertz CT molecular complexity index is 443. The molecule has 108 valence electrons. The van der Waals surface area contributed by atoms with Crippen molar-refractivity contribution >= 4 is 5.97 Å². The van der Waals surface area contributed by atoms with Gasteiger partial charge in [-0.3, -0.25) is 4.79 Å². The van der Waals surface area contributed by atoms with Gasteiger partial charge in [0.1, 0.15) is 0 Å². The zero-order chi connectivity index (χ0) is 14.4. The Kier molecular flexibility index (Phi) is 5.32. The van der Waals surface area contributed by atoms with E-state index in [0.717, 1.165) is 18.4 Å². The molecule has 2 rings (SSSR count). The van der Waals surface area contributed by atoms with E-state index >= 15 is 0 Å². The number of carbonyl (C=O) groups is 1. The van der Waals surface area contributed by atoms with Crippen LogP contribution in [0.15, 0.2) is 43.0 Å². The number of benzene rings is 1. The summed E-state index contributed by atoms with van der Waals surface area (Å²) in [6, 6.07) is 9.84. The molecule has 0 amide bonds. The summed E-state index contributed by atoms with van der Waals surface area (Å²) in [5.41, 5.74) is 1.08. The molecule has 0 aliphatic carbocycles. The first kappa shape index (κ1) is 14.8. The standard InChI is InChI=1S/C16H20O4/c1-2-13-8-9-14(15(20-13)10-16(17)18)19-11-12-6-4-3-5-7-12/h2-7,13-15H,1,8-11H2,(H,17,18)/t13-,14-,15+/m0/s1. The van der Waals surface area contributed by atoms with Crippen molar-refractivity contribution in [3.05, 3.63) is 48.6 Å². The second-order valence-electron chi connectivity index (χ2n) is 4.96. The lowest BCUT2D eigenvalue weighted by Crippen LogP contribution is -2.41. The maximum atomic E-state index is 10.9. The van der Waals surface area contributed by atoms with Gasteiger partial charge >= 0.3 is 5.97 Å². The van der Waals surface area contributed by atoms with E-state index in [1.165, 1.54) is 0 Å². The maximum Gasteiger partial charge on any atom is 0.306 e. The van der Waals surface area contributed by atoms with Gasteiger partial charge in [0, 0.05) is 0 Å². The number of hydrogen-bond acceptors (Lipinski definition) is 3. The minimum atomic E-state index is -0.868. The molecule has 4 nitrogen and oxygen atoms in total. The van der Waals surface area contributed by atoms with Gasteiger partial charge in [-0.1, -0.05) is 36.4 Å². The van der Waals surface area contributed by atoms with Gasteiger partial charge in [-0.25, -0.2) is 0 Å². The summed E-state index contributed by atoms with van der Waals surface area (Å²) in [5, 5.41) is 8.97. The SMILES string of the molecule is C=C[C@H]1CC[C@H](OCc2ccccc2)[C@@H](CC(=O)O)O1. The molecule has 1 N–H and O–H groups in total.